The fourth-order valence-corrected chi connectivity index (χ4v) is 1.78. The lowest BCUT2D eigenvalue weighted by Gasteiger charge is -2.07. The zero-order chi connectivity index (χ0) is 12.4. The molecule has 0 aliphatic rings. The molecule has 0 unspecified atom stereocenters. The van der Waals surface area contributed by atoms with E-state index in [0.29, 0.717) is 6.54 Å². The number of aromatic carboxylic acids is 1. The second-order valence-electron chi connectivity index (χ2n) is 4.17. The van der Waals surface area contributed by atoms with Crippen molar-refractivity contribution >= 4 is 5.97 Å². The molecule has 0 aliphatic heterocycles. The molecule has 2 rings (SSSR count). The van der Waals surface area contributed by atoms with Crippen molar-refractivity contribution < 1.29 is 9.90 Å². The Kier molecular flexibility index (Phi) is 2.95. The van der Waals surface area contributed by atoms with Crippen LogP contribution in [0.1, 0.15) is 27.2 Å². The Morgan fingerprint density at radius 2 is 2.18 bits per heavy atom. The molecule has 0 bridgehead atoms. The number of carbonyl (C=O) groups is 1. The van der Waals surface area contributed by atoms with E-state index >= 15 is 0 Å². The first-order chi connectivity index (χ1) is 8.06. The van der Waals surface area contributed by atoms with Crippen molar-refractivity contribution in [2.24, 2.45) is 0 Å². The molecule has 4 nitrogen and oxygen atoms in total. The third kappa shape index (κ3) is 2.53. The highest BCUT2D eigenvalue weighted by Crippen LogP contribution is 2.12. The lowest BCUT2D eigenvalue weighted by molar-refractivity contribution is 0.0691. The molecular formula is C13H14N2O2. The lowest BCUT2D eigenvalue weighted by Crippen LogP contribution is -2.00. The average Bonchev–Trinajstić information content (AvgIpc) is 2.71. The van der Waals surface area contributed by atoms with E-state index in [-0.39, 0.29) is 5.69 Å². The molecular weight excluding hydrogens is 216 g/mol. The van der Waals surface area contributed by atoms with E-state index in [1.165, 1.54) is 16.7 Å². The van der Waals surface area contributed by atoms with E-state index in [1.54, 1.807) is 17.1 Å². The number of hydrogen-bond donors (Lipinski definition) is 1. The number of aromatic nitrogens is 2. The SMILES string of the molecule is Cc1ccc(Cn2cnc(C(=O)O)c2)c(C)c1. The summed E-state index contributed by atoms with van der Waals surface area (Å²) in [6.45, 7) is 4.75. The molecule has 0 amide bonds. The predicted molar refractivity (Wildman–Crippen MR) is 64.2 cm³/mol. The van der Waals surface area contributed by atoms with Gasteiger partial charge in [0.1, 0.15) is 0 Å². The summed E-state index contributed by atoms with van der Waals surface area (Å²) < 4.78 is 1.78. The van der Waals surface area contributed by atoms with Crippen LogP contribution in [0.15, 0.2) is 30.7 Å². The Hall–Kier alpha value is -2.10. The van der Waals surface area contributed by atoms with Gasteiger partial charge in [0.15, 0.2) is 5.69 Å². The Balaban J connectivity index is 2.22. The van der Waals surface area contributed by atoms with Crippen LogP contribution in [0.2, 0.25) is 0 Å². The zero-order valence-electron chi connectivity index (χ0n) is 9.84. The summed E-state index contributed by atoms with van der Waals surface area (Å²) in [7, 11) is 0. The summed E-state index contributed by atoms with van der Waals surface area (Å²) in [5.41, 5.74) is 3.68. The van der Waals surface area contributed by atoms with Crippen molar-refractivity contribution in [1.29, 1.82) is 0 Å². The number of rotatable bonds is 3. The van der Waals surface area contributed by atoms with Gasteiger partial charge in [-0.25, -0.2) is 9.78 Å². The molecule has 1 aromatic heterocycles. The molecule has 0 atom stereocenters. The topological polar surface area (TPSA) is 55.1 Å². The van der Waals surface area contributed by atoms with Gasteiger partial charge >= 0.3 is 5.97 Å². The second kappa shape index (κ2) is 4.41. The fourth-order valence-electron chi connectivity index (χ4n) is 1.78. The van der Waals surface area contributed by atoms with Gasteiger partial charge in [0.25, 0.3) is 0 Å². The summed E-state index contributed by atoms with van der Waals surface area (Å²) >= 11 is 0. The highest BCUT2D eigenvalue weighted by Gasteiger charge is 2.07. The summed E-state index contributed by atoms with van der Waals surface area (Å²) in [6.07, 6.45) is 3.09. The molecule has 0 saturated carbocycles. The van der Waals surface area contributed by atoms with Crippen LogP contribution >= 0.6 is 0 Å². The van der Waals surface area contributed by atoms with Crippen LogP contribution < -0.4 is 0 Å². The molecule has 1 aromatic carbocycles. The maximum Gasteiger partial charge on any atom is 0.356 e. The van der Waals surface area contributed by atoms with Crippen LogP contribution in [-0.2, 0) is 6.54 Å². The van der Waals surface area contributed by atoms with E-state index in [1.807, 2.05) is 0 Å². The molecule has 2 aromatic rings. The minimum atomic E-state index is -0.996. The van der Waals surface area contributed by atoms with Crippen LogP contribution in [0.4, 0.5) is 0 Å². The summed E-state index contributed by atoms with van der Waals surface area (Å²) in [5.74, 6) is -0.996. The molecule has 0 saturated heterocycles. The normalized spacial score (nSPS) is 10.5. The van der Waals surface area contributed by atoms with E-state index in [0.717, 1.165) is 0 Å². The molecule has 88 valence electrons. The van der Waals surface area contributed by atoms with Gasteiger partial charge in [0, 0.05) is 12.7 Å². The van der Waals surface area contributed by atoms with Crippen LogP contribution in [0.3, 0.4) is 0 Å². The van der Waals surface area contributed by atoms with Crippen LogP contribution in [-0.4, -0.2) is 20.6 Å². The number of carboxylic acids is 1. The van der Waals surface area contributed by atoms with Crippen molar-refractivity contribution in [2.75, 3.05) is 0 Å². The van der Waals surface area contributed by atoms with Gasteiger partial charge in [-0.2, -0.15) is 0 Å². The van der Waals surface area contributed by atoms with Crippen LogP contribution in [0.5, 0.6) is 0 Å². The first-order valence-corrected chi connectivity index (χ1v) is 5.37. The molecule has 4 heteroatoms. The first-order valence-electron chi connectivity index (χ1n) is 5.37. The molecule has 17 heavy (non-hydrogen) atoms. The number of imidazole rings is 1. The number of hydrogen-bond acceptors (Lipinski definition) is 2. The van der Waals surface area contributed by atoms with Crippen molar-refractivity contribution in [1.82, 2.24) is 9.55 Å². The monoisotopic (exact) mass is 230 g/mol. The number of carboxylic acid groups (broad SMARTS) is 1. The summed E-state index contributed by atoms with van der Waals surface area (Å²) in [5, 5.41) is 8.78. The molecule has 1 heterocycles. The Morgan fingerprint density at radius 3 is 2.76 bits per heavy atom. The van der Waals surface area contributed by atoms with E-state index in [2.05, 4.69) is 37.0 Å². The summed E-state index contributed by atoms with van der Waals surface area (Å²) in [6, 6.07) is 6.23. The third-order valence-corrected chi connectivity index (χ3v) is 2.70. The van der Waals surface area contributed by atoms with E-state index in [9.17, 15) is 4.79 Å². The quantitative estimate of drug-likeness (QED) is 0.879. The third-order valence-electron chi connectivity index (χ3n) is 2.70. The zero-order valence-corrected chi connectivity index (χ0v) is 9.84. The number of nitrogens with zero attached hydrogens (tertiary/aromatic N) is 2. The maximum absolute atomic E-state index is 10.7. The number of benzene rings is 1. The smallest absolute Gasteiger partial charge is 0.356 e. The molecule has 0 fully saturated rings. The van der Waals surface area contributed by atoms with Gasteiger partial charge in [-0.05, 0) is 25.0 Å². The predicted octanol–water partition coefficient (Wildman–Crippen LogP) is 2.25. The molecule has 1 N–H and O–H groups in total. The Labute approximate surface area is 99.5 Å². The van der Waals surface area contributed by atoms with Gasteiger partial charge in [-0.1, -0.05) is 23.8 Å². The van der Waals surface area contributed by atoms with E-state index < -0.39 is 5.97 Å². The lowest BCUT2D eigenvalue weighted by atomic mass is 10.1. The first kappa shape index (κ1) is 11.4. The van der Waals surface area contributed by atoms with Gasteiger partial charge in [0.2, 0.25) is 0 Å². The standard InChI is InChI=1S/C13H14N2O2/c1-9-3-4-11(10(2)5-9)6-15-7-12(13(16)17)14-8-15/h3-5,7-8H,6H2,1-2H3,(H,16,17). The Morgan fingerprint density at radius 1 is 1.41 bits per heavy atom. The molecule has 0 aliphatic carbocycles. The van der Waals surface area contributed by atoms with Gasteiger partial charge in [-0.3, -0.25) is 0 Å². The Bertz CT molecular complexity index is 558. The largest absolute Gasteiger partial charge is 0.476 e. The van der Waals surface area contributed by atoms with Gasteiger partial charge in [-0.15, -0.1) is 0 Å². The minimum absolute atomic E-state index is 0.0785. The van der Waals surface area contributed by atoms with Crippen molar-refractivity contribution in [3.63, 3.8) is 0 Å². The van der Waals surface area contributed by atoms with E-state index in [4.69, 9.17) is 5.11 Å². The second-order valence-corrected chi connectivity index (χ2v) is 4.17. The van der Waals surface area contributed by atoms with Crippen LogP contribution in [0.25, 0.3) is 0 Å². The van der Waals surface area contributed by atoms with Gasteiger partial charge in [0.05, 0.1) is 6.33 Å². The fraction of sp³-hybridized carbons (Fsp3) is 0.231. The highest BCUT2D eigenvalue weighted by molar-refractivity contribution is 5.84. The van der Waals surface area contributed by atoms with Crippen LogP contribution in [0, 0.1) is 13.8 Å². The molecule has 0 radical (unpaired) electrons. The minimum Gasteiger partial charge on any atom is -0.476 e. The van der Waals surface area contributed by atoms with Crippen molar-refractivity contribution in [3.05, 3.63) is 53.1 Å². The summed E-state index contributed by atoms with van der Waals surface area (Å²) in [4.78, 5) is 14.5. The molecule has 0 spiro atoms. The van der Waals surface area contributed by atoms with Crippen molar-refractivity contribution in [3.8, 4) is 0 Å². The number of aryl methyl sites for hydroxylation is 2. The van der Waals surface area contributed by atoms with Gasteiger partial charge < -0.3 is 9.67 Å². The average molecular weight is 230 g/mol. The highest BCUT2D eigenvalue weighted by atomic mass is 16.4. The van der Waals surface area contributed by atoms with Crippen molar-refractivity contribution in [2.45, 2.75) is 20.4 Å². The maximum atomic E-state index is 10.7.